The fourth-order valence-electron chi connectivity index (χ4n) is 5.49. The highest BCUT2D eigenvalue weighted by Gasteiger charge is 2.22. The highest BCUT2D eigenvalue weighted by Crippen LogP contribution is 2.30. The van der Waals surface area contributed by atoms with Gasteiger partial charge in [0.05, 0.1) is 11.8 Å². The minimum absolute atomic E-state index is 0.195. The Morgan fingerprint density at radius 2 is 2.05 bits per heavy atom. The van der Waals surface area contributed by atoms with Crippen LogP contribution in [0, 0.1) is 6.92 Å². The van der Waals surface area contributed by atoms with Gasteiger partial charge in [0.15, 0.2) is 0 Å². The molecule has 2 aliphatic rings. The molecule has 1 aromatic carbocycles. The standard InChI is InChI=1S/C29H38N6O3/c1-20-26-11-14-35(17-22(26)7-8-27(20)38-19-24-10-13-32-34(24)2)18-25(36)16-31-29(37)21-9-12-30-28(15-21)33-23-5-3-4-6-23/h7-10,12-13,15,23,25,36H,3-6,11,14,16-19H2,1-2H3,(H,30,33)(H,31,37). The van der Waals surface area contributed by atoms with Crippen LogP contribution in [0.25, 0.3) is 0 Å². The molecule has 0 radical (unpaired) electrons. The first kappa shape index (κ1) is 26.2. The van der Waals surface area contributed by atoms with Gasteiger partial charge in [0.2, 0.25) is 0 Å². The van der Waals surface area contributed by atoms with Gasteiger partial charge >= 0.3 is 0 Å². The molecule has 2 aromatic heterocycles. The van der Waals surface area contributed by atoms with Crippen molar-refractivity contribution in [2.24, 2.45) is 7.05 Å². The second-order valence-electron chi connectivity index (χ2n) is 10.5. The van der Waals surface area contributed by atoms with Crippen molar-refractivity contribution in [3.63, 3.8) is 0 Å². The average Bonchev–Trinajstić information content (AvgIpc) is 3.58. The van der Waals surface area contributed by atoms with Crippen molar-refractivity contribution < 1.29 is 14.6 Å². The van der Waals surface area contributed by atoms with E-state index in [0.29, 0.717) is 24.8 Å². The highest BCUT2D eigenvalue weighted by molar-refractivity contribution is 5.94. The molecule has 1 saturated carbocycles. The Morgan fingerprint density at radius 3 is 2.84 bits per heavy atom. The number of pyridine rings is 1. The molecular formula is C29H38N6O3. The molecule has 3 heterocycles. The number of aliphatic hydroxyl groups excluding tert-OH is 1. The number of nitrogens with one attached hydrogen (secondary N) is 2. The molecule has 9 heteroatoms. The van der Waals surface area contributed by atoms with Crippen LogP contribution in [0.5, 0.6) is 5.75 Å². The van der Waals surface area contributed by atoms with E-state index in [4.69, 9.17) is 4.74 Å². The Hall–Kier alpha value is -3.43. The van der Waals surface area contributed by atoms with Crippen molar-refractivity contribution in [2.45, 2.75) is 64.3 Å². The second kappa shape index (κ2) is 12.0. The lowest BCUT2D eigenvalue weighted by atomic mass is 9.94. The number of amides is 1. The summed E-state index contributed by atoms with van der Waals surface area (Å²) >= 11 is 0. The fourth-order valence-corrected chi connectivity index (χ4v) is 5.49. The van der Waals surface area contributed by atoms with Crippen LogP contribution in [0.4, 0.5) is 5.82 Å². The van der Waals surface area contributed by atoms with Gasteiger partial charge in [0.25, 0.3) is 5.91 Å². The van der Waals surface area contributed by atoms with Gasteiger partial charge in [-0.25, -0.2) is 4.98 Å². The molecule has 9 nitrogen and oxygen atoms in total. The molecule has 0 spiro atoms. The van der Waals surface area contributed by atoms with Gasteiger partial charge in [-0.1, -0.05) is 18.9 Å². The predicted molar refractivity (Wildman–Crippen MR) is 146 cm³/mol. The smallest absolute Gasteiger partial charge is 0.251 e. The summed E-state index contributed by atoms with van der Waals surface area (Å²) < 4.78 is 7.91. The number of hydrogen-bond acceptors (Lipinski definition) is 7. The number of anilines is 1. The SMILES string of the molecule is Cc1c(OCc2ccnn2C)ccc2c1CCN(CC(O)CNC(=O)c1ccnc(NC3CCCC3)c1)C2. The number of carbonyl (C=O) groups is 1. The maximum atomic E-state index is 12.7. The van der Waals surface area contributed by atoms with E-state index in [1.165, 1.54) is 29.5 Å². The highest BCUT2D eigenvalue weighted by atomic mass is 16.5. The number of hydrogen-bond donors (Lipinski definition) is 3. The number of β-amino-alcohol motifs (C(OH)–C–C–N with tert-alkyl or cyclic N) is 1. The Bertz CT molecular complexity index is 1250. The molecule has 0 saturated heterocycles. The van der Waals surface area contributed by atoms with Crippen molar-refractivity contribution >= 4 is 11.7 Å². The predicted octanol–water partition coefficient (Wildman–Crippen LogP) is 3.21. The van der Waals surface area contributed by atoms with Crippen molar-refractivity contribution in [1.29, 1.82) is 0 Å². The van der Waals surface area contributed by atoms with E-state index in [0.717, 1.165) is 49.6 Å². The van der Waals surface area contributed by atoms with E-state index in [-0.39, 0.29) is 12.5 Å². The molecular weight excluding hydrogens is 480 g/mol. The first-order chi connectivity index (χ1) is 18.5. The Morgan fingerprint density at radius 1 is 1.21 bits per heavy atom. The maximum absolute atomic E-state index is 12.7. The van der Waals surface area contributed by atoms with Crippen LogP contribution in [0.1, 0.15) is 58.4 Å². The van der Waals surface area contributed by atoms with E-state index in [1.807, 2.05) is 23.9 Å². The zero-order chi connectivity index (χ0) is 26.5. The summed E-state index contributed by atoms with van der Waals surface area (Å²) in [6.45, 7) is 4.93. The van der Waals surface area contributed by atoms with E-state index >= 15 is 0 Å². The number of aromatic nitrogens is 3. The zero-order valence-corrected chi connectivity index (χ0v) is 22.3. The van der Waals surface area contributed by atoms with Crippen LogP contribution in [-0.2, 0) is 26.6 Å². The lowest BCUT2D eigenvalue weighted by Crippen LogP contribution is -2.42. The zero-order valence-electron chi connectivity index (χ0n) is 22.3. The van der Waals surface area contributed by atoms with Gasteiger partial charge in [-0.05, 0) is 67.1 Å². The number of aliphatic hydroxyl groups is 1. The maximum Gasteiger partial charge on any atom is 0.251 e. The molecule has 1 atom stereocenters. The third-order valence-electron chi connectivity index (χ3n) is 7.71. The molecule has 3 N–H and O–H groups in total. The van der Waals surface area contributed by atoms with Gasteiger partial charge < -0.3 is 20.5 Å². The number of benzene rings is 1. The molecule has 1 amide bonds. The molecule has 202 valence electrons. The summed E-state index contributed by atoms with van der Waals surface area (Å²) in [5.41, 5.74) is 5.34. The summed E-state index contributed by atoms with van der Waals surface area (Å²) in [5, 5.41) is 21.2. The van der Waals surface area contributed by atoms with E-state index in [9.17, 15) is 9.90 Å². The van der Waals surface area contributed by atoms with E-state index < -0.39 is 6.10 Å². The minimum Gasteiger partial charge on any atom is -0.487 e. The monoisotopic (exact) mass is 518 g/mol. The fraction of sp³-hybridized carbons (Fsp3) is 0.483. The normalized spacial score (nSPS) is 16.7. The summed E-state index contributed by atoms with van der Waals surface area (Å²) in [5.74, 6) is 1.44. The van der Waals surface area contributed by atoms with Crippen LogP contribution >= 0.6 is 0 Å². The Kier molecular flexibility index (Phi) is 8.24. The summed E-state index contributed by atoms with van der Waals surface area (Å²) in [7, 11) is 1.91. The number of carbonyl (C=O) groups excluding carboxylic acids is 1. The van der Waals surface area contributed by atoms with Crippen LogP contribution < -0.4 is 15.4 Å². The Balaban J connectivity index is 1.10. The van der Waals surface area contributed by atoms with Gasteiger partial charge in [0.1, 0.15) is 18.2 Å². The molecule has 1 aliphatic heterocycles. The van der Waals surface area contributed by atoms with Gasteiger partial charge in [0, 0.05) is 57.2 Å². The number of ether oxygens (including phenoxy) is 1. The molecule has 1 fully saturated rings. The lowest BCUT2D eigenvalue weighted by molar-refractivity contribution is 0.0841. The molecule has 0 bridgehead atoms. The number of nitrogens with zero attached hydrogens (tertiary/aromatic N) is 4. The summed E-state index contributed by atoms with van der Waals surface area (Å²) in [6.07, 6.45) is 8.44. The van der Waals surface area contributed by atoms with Crippen LogP contribution in [0.15, 0.2) is 42.7 Å². The average molecular weight is 519 g/mol. The van der Waals surface area contributed by atoms with E-state index in [1.54, 1.807) is 24.5 Å². The largest absolute Gasteiger partial charge is 0.487 e. The minimum atomic E-state index is -0.652. The second-order valence-corrected chi connectivity index (χ2v) is 10.5. The van der Waals surface area contributed by atoms with Crippen molar-refractivity contribution in [1.82, 2.24) is 25.0 Å². The number of fused-ring (bicyclic) bond motifs is 1. The van der Waals surface area contributed by atoms with Crippen molar-refractivity contribution in [3.8, 4) is 5.75 Å². The third kappa shape index (κ3) is 6.34. The van der Waals surface area contributed by atoms with Crippen LogP contribution in [0.3, 0.4) is 0 Å². The van der Waals surface area contributed by atoms with Gasteiger partial charge in [-0.2, -0.15) is 5.10 Å². The first-order valence-corrected chi connectivity index (χ1v) is 13.6. The quantitative estimate of drug-likeness (QED) is 0.379. The first-order valence-electron chi connectivity index (χ1n) is 13.6. The lowest BCUT2D eigenvalue weighted by Gasteiger charge is -2.31. The third-order valence-corrected chi connectivity index (χ3v) is 7.71. The molecule has 38 heavy (non-hydrogen) atoms. The molecule has 1 unspecified atom stereocenters. The molecule has 1 aliphatic carbocycles. The molecule has 3 aromatic rings. The van der Waals surface area contributed by atoms with Crippen LogP contribution in [0.2, 0.25) is 0 Å². The summed E-state index contributed by atoms with van der Waals surface area (Å²) in [4.78, 5) is 19.3. The van der Waals surface area contributed by atoms with Crippen molar-refractivity contribution in [2.75, 3.05) is 25.0 Å². The van der Waals surface area contributed by atoms with Gasteiger partial charge in [-0.15, -0.1) is 0 Å². The Labute approximate surface area is 224 Å². The van der Waals surface area contributed by atoms with Crippen molar-refractivity contribution in [3.05, 3.63) is 70.7 Å². The van der Waals surface area contributed by atoms with Crippen LogP contribution in [-0.4, -0.2) is 62.5 Å². The topological polar surface area (TPSA) is 105 Å². The van der Waals surface area contributed by atoms with E-state index in [2.05, 4.69) is 38.6 Å². The number of rotatable bonds is 10. The van der Waals surface area contributed by atoms with Gasteiger partial charge in [-0.3, -0.25) is 14.4 Å². The number of aryl methyl sites for hydroxylation is 1. The molecule has 5 rings (SSSR count). The summed E-state index contributed by atoms with van der Waals surface area (Å²) in [6, 6.07) is 10.1.